The number of carbonyl (C=O) groups is 1. The van der Waals surface area contributed by atoms with Gasteiger partial charge in [-0.05, 0) is 55.0 Å². The van der Waals surface area contributed by atoms with Crippen LogP contribution in [0.5, 0.6) is 0 Å². The van der Waals surface area contributed by atoms with E-state index in [0.717, 1.165) is 33.3 Å². The average molecular weight is 334 g/mol. The van der Waals surface area contributed by atoms with Crippen molar-refractivity contribution >= 4 is 22.5 Å². The van der Waals surface area contributed by atoms with E-state index in [9.17, 15) is 9.59 Å². The monoisotopic (exact) mass is 334 g/mol. The van der Waals surface area contributed by atoms with E-state index in [-0.39, 0.29) is 18.0 Å². The Morgan fingerprint density at radius 1 is 1.04 bits per heavy atom. The summed E-state index contributed by atoms with van der Waals surface area (Å²) in [7, 11) is 0. The molecule has 0 bridgehead atoms. The third kappa shape index (κ3) is 3.33. The molecule has 0 atom stereocenters. The Hall–Kier alpha value is -2.88. The zero-order chi connectivity index (χ0) is 18.1. The van der Waals surface area contributed by atoms with E-state index in [2.05, 4.69) is 4.98 Å². The van der Waals surface area contributed by atoms with E-state index in [0.29, 0.717) is 5.56 Å². The Balaban J connectivity index is 2.08. The van der Waals surface area contributed by atoms with Crippen LogP contribution in [-0.2, 0) is 11.3 Å². The van der Waals surface area contributed by atoms with Crippen molar-refractivity contribution in [3.8, 4) is 0 Å². The molecule has 1 heterocycles. The standard InChI is InChI=1S/C21H22N2O2/c1-13-8-9-14(2)19(10-13)23(16(4)24)12-18-11-17-7-5-6-15(3)20(17)22-21(18)25/h5-11H,12H2,1-4H3,(H,22,25). The maximum absolute atomic E-state index is 12.5. The molecule has 1 amide bonds. The molecule has 4 heteroatoms. The number of anilines is 1. The molecule has 1 N–H and O–H groups in total. The SMILES string of the molecule is CC(=O)N(Cc1cc2cccc(C)c2[nH]c1=O)c1cc(C)ccc1C. The van der Waals surface area contributed by atoms with Crippen LogP contribution in [-0.4, -0.2) is 10.9 Å². The molecule has 0 aliphatic carbocycles. The zero-order valence-corrected chi connectivity index (χ0v) is 15.0. The number of aromatic nitrogens is 1. The first-order valence-corrected chi connectivity index (χ1v) is 8.33. The number of nitrogens with one attached hydrogen (secondary N) is 1. The lowest BCUT2D eigenvalue weighted by molar-refractivity contribution is -0.116. The van der Waals surface area contributed by atoms with Gasteiger partial charge in [-0.15, -0.1) is 0 Å². The van der Waals surface area contributed by atoms with E-state index >= 15 is 0 Å². The Morgan fingerprint density at radius 3 is 2.52 bits per heavy atom. The lowest BCUT2D eigenvalue weighted by Gasteiger charge is -2.23. The molecule has 0 saturated carbocycles. The summed E-state index contributed by atoms with van der Waals surface area (Å²) in [5, 5.41) is 0.971. The van der Waals surface area contributed by atoms with Crippen molar-refractivity contribution in [2.45, 2.75) is 34.2 Å². The molecule has 0 unspecified atom stereocenters. The Morgan fingerprint density at radius 2 is 1.80 bits per heavy atom. The number of benzene rings is 2. The second-order valence-electron chi connectivity index (χ2n) is 6.56. The Bertz CT molecular complexity index is 1020. The molecule has 0 saturated heterocycles. The molecular weight excluding hydrogens is 312 g/mol. The van der Waals surface area contributed by atoms with Gasteiger partial charge in [-0.25, -0.2) is 0 Å². The highest BCUT2D eigenvalue weighted by Crippen LogP contribution is 2.24. The number of nitrogens with zero attached hydrogens (tertiary/aromatic N) is 1. The third-order valence-electron chi connectivity index (χ3n) is 4.53. The fourth-order valence-electron chi connectivity index (χ4n) is 3.09. The van der Waals surface area contributed by atoms with E-state index < -0.39 is 0 Å². The van der Waals surface area contributed by atoms with Gasteiger partial charge >= 0.3 is 0 Å². The van der Waals surface area contributed by atoms with Crippen molar-refractivity contribution in [2.24, 2.45) is 0 Å². The number of amides is 1. The normalized spacial score (nSPS) is 10.9. The number of para-hydroxylation sites is 1. The average Bonchev–Trinajstić information content (AvgIpc) is 2.56. The highest BCUT2D eigenvalue weighted by Gasteiger charge is 2.17. The van der Waals surface area contributed by atoms with Gasteiger partial charge in [-0.3, -0.25) is 9.59 Å². The minimum absolute atomic E-state index is 0.0857. The largest absolute Gasteiger partial charge is 0.321 e. The van der Waals surface area contributed by atoms with Crippen LogP contribution in [0, 0.1) is 20.8 Å². The number of hydrogen-bond donors (Lipinski definition) is 1. The molecule has 1 aromatic heterocycles. The molecule has 128 valence electrons. The number of hydrogen-bond acceptors (Lipinski definition) is 2. The van der Waals surface area contributed by atoms with Crippen LogP contribution in [0.2, 0.25) is 0 Å². The lowest BCUT2D eigenvalue weighted by Crippen LogP contribution is -2.31. The van der Waals surface area contributed by atoms with Crippen molar-refractivity contribution in [2.75, 3.05) is 4.90 Å². The van der Waals surface area contributed by atoms with Crippen LogP contribution in [0.3, 0.4) is 0 Å². The summed E-state index contributed by atoms with van der Waals surface area (Å²) in [6.45, 7) is 7.71. The number of aryl methyl sites for hydroxylation is 3. The molecule has 0 radical (unpaired) electrons. The molecule has 0 aliphatic heterocycles. The third-order valence-corrected chi connectivity index (χ3v) is 4.53. The van der Waals surface area contributed by atoms with Crippen molar-refractivity contribution in [3.05, 3.63) is 75.1 Å². The van der Waals surface area contributed by atoms with Gasteiger partial charge in [-0.1, -0.05) is 30.3 Å². The molecule has 3 aromatic rings. The minimum atomic E-state index is -0.154. The minimum Gasteiger partial charge on any atom is -0.321 e. The summed E-state index contributed by atoms with van der Waals surface area (Å²) < 4.78 is 0. The van der Waals surface area contributed by atoms with Gasteiger partial charge in [0.1, 0.15) is 0 Å². The highest BCUT2D eigenvalue weighted by molar-refractivity contribution is 5.92. The molecule has 0 aliphatic rings. The predicted molar refractivity (Wildman–Crippen MR) is 102 cm³/mol. The second kappa shape index (κ2) is 6.55. The number of aromatic amines is 1. The van der Waals surface area contributed by atoms with Gasteiger partial charge in [-0.2, -0.15) is 0 Å². The molecule has 25 heavy (non-hydrogen) atoms. The van der Waals surface area contributed by atoms with Crippen LogP contribution in [0.15, 0.2) is 47.3 Å². The van der Waals surface area contributed by atoms with E-state index in [1.807, 2.05) is 63.2 Å². The van der Waals surface area contributed by atoms with Crippen molar-refractivity contribution in [1.29, 1.82) is 0 Å². The van der Waals surface area contributed by atoms with Gasteiger partial charge in [0.05, 0.1) is 12.1 Å². The first kappa shape index (κ1) is 17.0. The van der Waals surface area contributed by atoms with E-state index in [1.165, 1.54) is 6.92 Å². The summed E-state index contributed by atoms with van der Waals surface area (Å²) in [5.41, 5.74) is 5.23. The van der Waals surface area contributed by atoms with Gasteiger partial charge < -0.3 is 9.88 Å². The number of pyridine rings is 1. The molecule has 0 spiro atoms. The van der Waals surface area contributed by atoms with Crippen molar-refractivity contribution in [1.82, 2.24) is 4.98 Å². The quantitative estimate of drug-likeness (QED) is 0.787. The van der Waals surface area contributed by atoms with Crippen LogP contribution >= 0.6 is 0 Å². The van der Waals surface area contributed by atoms with Gasteiger partial charge in [0.25, 0.3) is 5.56 Å². The zero-order valence-electron chi connectivity index (χ0n) is 15.0. The Kier molecular flexibility index (Phi) is 4.45. The predicted octanol–water partition coefficient (Wildman–Crippen LogP) is 4.01. The van der Waals surface area contributed by atoms with Crippen molar-refractivity contribution in [3.63, 3.8) is 0 Å². The fourth-order valence-corrected chi connectivity index (χ4v) is 3.09. The summed E-state index contributed by atoms with van der Waals surface area (Å²) in [5.74, 6) is -0.0857. The fraction of sp³-hybridized carbons (Fsp3) is 0.238. The van der Waals surface area contributed by atoms with E-state index in [4.69, 9.17) is 0 Å². The van der Waals surface area contributed by atoms with Gasteiger partial charge in [0, 0.05) is 18.2 Å². The number of rotatable bonds is 3. The second-order valence-corrected chi connectivity index (χ2v) is 6.56. The summed E-state index contributed by atoms with van der Waals surface area (Å²) in [6.07, 6.45) is 0. The number of H-pyrrole nitrogens is 1. The van der Waals surface area contributed by atoms with Crippen LogP contribution < -0.4 is 10.5 Å². The van der Waals surface area contributed by atoms with Gasteiger partial charge in [0.15, 0.2) is 0 Å². The molecule has 4 nitrogen and oxygen atoms in total. The first-order chi connectivity index (χ1) is 11.9. The van der Waals surface area contributed by atoms with Crippen LogP contribution in [0.4, 0.5) is 5.69 Å². The highest BCUT2D eigenvalue weighted by atomic mass is 16.2. The maximum Gasteiger partial charge on any atom is 0.253 e. The summed E-state index contributed by atoms with van der Waals surface area (Å²) in [6, 6.07) is 13.8. The van der Waals surface area contributed by atoms with Crippen molar-refractivity contribution < 1.29 is 4.79 Å². The molecule has 3 rings (SSSR count). The summed E-state index contributed by atoms with van der Waals surface area (Å²) >= 11 is 0. The number of carbonyl (C=O) groups excluding carboxylic acids is 1. The maximum atomic E-state index is 12.5. The van der Waals surface area contributed by atoms with E-state index in [1.54, 1.807) is 4.90 Å². The topological polar surface area (TPSA) is 53.2 Å². The molecule has 2 aromatic carbocycles. The lowest BCUT2D eigenvalue weighted by atomic mass is 10.1. The first-order valence-electron chi connectivity index (χ1n) is 8.33. The number of fused-ring (bicyclic) bond motifs is 1. The van der Waals surface area contributed by atoms with Crippen LogP contribution in [0.25, 0.3) is 10.9 Å². The summed E-state index contributed by atoms with van der Waals surface area (Å²) in [4.78, 5) is 29.4. The van der Waals surface area contributed by atoms with Crippen LogP contribution in [0.1, 0.15) is 29.2 Å². The molecular formula is C21H22N2O2. The molecule has 0 fully saturated rings. The Labute approximate surface area is 147 Å². The van der Waals surface area contributed by atoms with Gasteiger partial charge in [0.2, 0.25) is 5.91 Å². The smallest absolute Gasteiger partial charge is 0.253 e.